The molecule has 3 aromatic carbocycles. The highest BCUT2D eigenvalue weighted by molar-refractivity contribution is 5.89. The van der Waals surface area contributed by atoms with Gasteiger partial charge in [-0.25, -0.2) is 9.18 Å². The molecule has 1 aliphatic rings. The summed E-state index contributed by atoms with van der Waals surface area (Å²) in [5.74, 6) is -0.525. The molecule has 0 saturated carbocycles. The van der Waals surface area contributed by atoms with Gasteiger partial charge in [0.15, 0.2) is 6.10 Å². The number of carbonyl (C=O) groups is 1. The summed E-state index contributed by atoms with van der Waals surface area (Å²) in [6, 6.07) is 27.7. The smallest absolute Gasteiger partial charge is 0.338 e. The Morgan fingerprint density at radius 2 is 1.24 bits per heavy atom. The standard InChI is InChI=1S/C27H27FO5/c1-19-23(33-27(29)22-15-9-4-10-16-22)24(30-17-20-11-5-2-6-12-20)25(26(28)32-19)31-18-21-13-7-3-8-14-21/h2-16,19,23-26H,17-18H2,1H3/t19-,23+,24+,25-,26?/m0/s1. The van der Waals surface area contributed by atoms with Gasteiger partial charge < -0.3 is 18.9 Å². The Kier molecular flexibility index (Phi) is 7.83. The monoisotopic (exact) mass is 450 g/mol. The van der Waals surface area contributed by atoms with Crippen molar-refractivity contribution in [2.24, 2.45) is 0 Å². The summed E-state index contributed by atoms with van der Waals surface area (Å²) < 4.78 is 38.4. The quantitative estimate of drug-likeness (QED) is 0.447. The molecule has 0 N–H and O–H groups in total. The van der Waals surface area contributed by atoms with Crippen molar-refractivity contribution in [1.82, 2.24) is 0 Å². The number of esters is 1. The van der Waals surface area contributed by atoms with Gasteiger partial charge in [0.05, 0.1) is 24.9 Å². The van der Waals surface area contributed by atoms with Crippen LogP contribution in [-0.2, 0) is 32.2 Å². The summed E-state index contributed by atoms with van der Waals surface area (Å²) >= 11 is 0. The first-order valence-electron chi connectivity index (χ1n) is 11.0. The Labute approximate surface area is 193 Å². The van der Waals surface area contributed by atoms with Crippen molar-refractivity contribution in [1.29, 1.82) is 0 Å². The van der Waals surface area contributed by atoms with Gasteiger partial charge in [-0.2, -0.15) is 0 Å². The Bertz CT molecular complexity index is 999. The largest absolute Gasteiger partial charge is 0.453 e. The number of carbonyl (C=O) groups excluding carboxylic acids is 1. The molecule has 6 heteroatoms. The molecule has 0 radical (unpaired) electrons. The number of hydrogen-bond acceptors (Lipinski definition) is 5. The molecule has 0 spiro atoms. The lowest BCUT2D eigenvalue weighted by atomic mass is 9.99. The summed E-state index contributed by atoms with van der Waals surface area (Å²) in [6.07, 6.45) is -5.23. The number of rotatable bonds is 8. The van der Waals surface area contributed by atoms with Crippen LogP contribution in [0.1, 0.15) is 28.4 Å². The Morgan fingerprint density at radius 1 is 0.758 bits per heavy atom. The van der Waals surface area contributed by atoms with Crippen molar-refractivity contribution < 1.29 is 28.1 Å². The molecule has 172 valence electrons. The number of alkyl halides is 1. The SMILES string of the molecule is C[C@@H]1OC(F)[C@@H](OCc2ccccc2)[C@H](OCc2ccccc2)[C@@H]1OC(=O)c1ccccc1. The van der Waals surface area contributed by atoms with Crippen LogP contribution in [0, 0.1) is 0 Å². The second kappa shape index (κ2) is 11.2. The van der Waals surface area contributed by atoms with Gasteiger partial charge in [-0.15, -0.1) is 0 Å². The van der Waals surface area contributed by atoms with Crippen LogP contribution in [0.15, 0.2) is 91.0 Å². The van der Waals surface area contributed by atoms with Crippen molar-refractivity contribution in [3.63, 3.8) is 0 Å². The van der Waals surface area contributed by atoms with Crippen molar-refractivity contribution in [3.05, 3.63) is 108 Å². The summed E-state index contributed by atoms with van der Waals surface area (Å²) in [4.78, 5) is 12.8. The highest BCUT2D eigenvalue weighted by atomic mass is 19.1. The van der Waals surface area contributed by atoms with Crippen LogP contribution in [0.5, 0.6) is 0 Å². The molecule has 1 heterocycles. The molecular formula is C27H27FO5. The third-order valence-electron chi connectivity index (χ3n) is 5.54. The number of ether oxygens (including phenoxy) is 4. The van der Waals surface area contributed by atoms with E-state index in [1.807, 2.05) is 66.7 Å². The molecule has 1 unspecified atom stereocenters. The van der Waals surface area contributed by atoms with Crippen molar-refractivity contribution >= 4 is 5.97 Å². The van der Waals surface area contributed by atoms with Gasteiger partial charge in [0.2, 0.25) is 6.36 Å². The van der Waals surface area contributed by atoms with Gasteiger partial charge in [0, 0.05) is 0 Å². The minimum Gasteiger partial charge on any atom is -0.453 e. The minimum atomic E-state index is -1.73. The van der Waals surface area contributed by atoms with Gasteiger partial charge in [-0.3, -0.25) is 0 Å². The van der Waals surface area contributed by atoms with Crippen LogP contribution in [0.2, 0.25) is 0 Å². The van der Waals surface area contributed by atoms with Crippen LogP contribution in [-0.4, -0.2) is 36.7 Å². The minimum absolute atomic E-state index is 0.175. The molecule has 4 rings (SSSR count). The molecule has 33 heavy (non-hydrogen) atoms. The van der Waals surface area contributed by atoms with E-state index in [0.29, 0.717) is 5.56 Å². The molecule has 0 bridgehead atoms. The maximum atomic E-state index is 15.0. The zero-order chi connectivity index (χ0) is 23.0. The summed E-state index contributed by atoms with van der Waals surface area (Å²) in [5.41, 5.74) is 2.21. The molecule has 1 fully saturated rings. The topological polar surface area (TPSA) is 54.0 Å². The van der Waals surface area contributed by atoms with E-state index >= 15 is 4.39 Å². The summed E-state index contributed by atoms with van der Waals surface area (Å²) in [7, 11) is 0. The molecule has 0 amide bonds. The maximum Gasteiger partial charge on any atom is 0.338 e. The normalized spacial score (nSPS) is 24.8. The van der Waals surface area contributed by atoms with Crippen molar-refractivity contribution in [3.8, 4) is 0 Å². The predicted molar refractivity (Wildman–Crippen MR) is 121 cm³/mol. The van der Waals surface area contributed by atoms with E-state index in [4.69, 9.17) is 18.9 Å². The van der Waals surface area contributed by atoms with Gasteiger partial charge in [0.25, 0.3) is 0 Å². The van der Waals surface area contributed by atoms with Gasteiger partial charge >= 0.3 is 5.97 Å². The first-order chi connectivity index (χ1) is 16.1. The van der Waals surface area contributed by atoms with E-state index in [1.54, 1.807) is 31.2 Å². The van der Waals surface area contributed by atoms with E-state index in [9.17, 15) is 4.79 Å². The Morgan fingerprint density at radius 3 is 1.79 bits per heavy atom. The van der Waals surface area contributed by atoms with Crippen LogP contribution in [0.3, 0.4) is 0 Å². The van der Waals surface area contributed by atoms with Gasteiger partial charge in [0.1, 0.15) is 12.2 Å². The maximum absolute atomic E-state index is 15.0. The van der Waals surface area contributed by atoms with E-state index in [1.165, 1.54) is 0 Å². The zero-order valence-electron chi connectivity index (χ0n) is 18.4. The Hall–Kier alpha value is -3.06. The van der Waals surface area contributed by atoms with Crippen molar-refractivity contribution in [2.75, 3.05) is 0 Å². The average molecular weight is 451 g/mol. The fourth-order valence-electron chi connectivity index (χ4n) is 3.79. The van der Waals surface area contributed by atoms with E-state index in [0.717, 1.165) is 11.1 Å². The van der Waals surface area contributed by atoms with E-state index in [2.05, 4.69) is 0 Å². The second-order valence-electron chi connectivity index (χ2n) is 7.95. The van der Waals surface area contributed by atoms with E-state index in [-0.39, 0.29) is 13.2 Å². The highest BCUT2D eigenvalue weighted by Crippen LogP contribution is 2.30. The Balaban J connectivity index is 1.54. The fourth-order valence-corrected chi connectivity index (χ4v) is 3.79. The molecule has 5 nitrogen and oxygen atoms in total. The van der Waals surface area contributed by atoms with Gasteiger partial charge in [-0.1, -0.05) is 78.9 Å². The van der Waals surface area contributed by atoms with Gasteiger partial charge in [-0.05, 0) is 30.2 Å². The molecule has 0 aromatic heterocycles. The first kappa shape index (κ1) is 23.1. The molecule has 3 aromatic rings. The lowest BCUT2D eigenvalue weighted by Crippen LogP contribution is -2.58. The third-order valence-corrected chi connectivity index (χ3v) is 5.54. The molecule has 1 saturated heterocycles. The lowest BCUT2D eigenvalue weighted by molar-refractivity contribution is -0.278. The fraction of sp³-hybridized carbons (Fsp3) is 0.296. The van der Waals surface area contributed by atoms with Crippen molar-refractivity contribution in [2.45, 2.75) is 50.9 Å². The molecular weight excluding hydrogens is 423 g/mol. The van der Waals surface area contributed by atoms with Crippen LogP contribution >= 0.6 is 0 Å². The van der Waals surface area contributed by atoms with E-state index < -0.39 is 36.7 Å². The van der Waals surface area contributed by atoms with Crippen LogP contribution < -0.4 is 0 Å². The number of benzene rings is 3. The molecule has 5 atom stereocenters. The summed E-state index contributed by atoms with van der Waals surface area (Å²) in [5, 5.41) is 0. The number of halogens is 1. The molecule has 1 aliphatic heterocycles. The average Bonchev–Trinajstić information content (AvgIpc) is 2.85. The third kappa shape index (κ3) is 6.05. The van der Waals surface area contributed by atoms with Crippen LogP contribution in [0.25, 0.3) is 0 Å². The summed E-state index contributed by atoms with van der Waals surface area (Å²) in [6.45, 7) is 2.06. The zero-order valence-corrected chi connectivity index (χ0v) is 18.4. The molecule has 0 aliphatic carbocycles. The number of hydrogen-bond donors (Lipinski definition) is 0. The first-order valence-corrected chi connectivity index (χ1v) is 11.0. The predicted octanol–water partition coefficient (Wildman–Crippen LogP) is 5.10. The second-order valence-corrected chi connectivity index (χ2v) is 7.95. The van der Waals surface area contributed by atoms with Crippen LogP contribution in [0.4, 0.5) is 4.39 Å². The lowest BCUT2D eigenvalue weighted by Gasteiger charge is -2.42. The highest BCUT2D eigenvalue weighted by Gasteiger charge is 2.48.